The molecule has 4 rings (SSSR count). The molecule has 3 heterocycles. The summed E-state index contributed by atoms with van der Waals surface area (Å²) < 4.78 is 0. The Morgan fingerprint density at radius 2 is 1.76 bits per heavy atom. The van der Waals surface area contributed by atoms with E-state index in [0.717, 1.165) is 43.0 Å². The van der Waals surface area contributed by atoms with Crippen molar-refractivity contribution in [2.24, 2.45) is 4.99 Å². The molecule has 1 saturated heterocycles. The van der Waals surface area contributed by atoms with Gasteiger partial charge in [-0.25, -0.2) is 0 Å². The minimum Gasteiger partial charge on any atom is -0.357 e. The summed E-state index contributed by atoms with van der Waals surface area (Å²) in [7, 11) is 0. The Kier molecular flexibility index (Phi) is 7.16. The number of aromatic nitrogens is 1. The van der Waals surface area contributed by atoms with Crippen LogP contribution in [0.15, 0.2) is 83.4 Å². The summed E-state index contributed by atoms with van der Waals surface area (Å²) in [5.74, 6) is 0.491. The number of amides is 1. The van der Waals surface area contributed by atoms with Gasteiger partial charge in [0.1, 0.15) is 17.6 Å². The fraction of sp³-hybridized carbons (Fsp3) is 0.308. The van der Waals surface area contributed by atoms with Crippen molar-refractivity contribution in [3.63, 3.8) is 0 Å². The number of pyridine rings is 1. The van der Waals surface area contributed by atoms with Crippen LogP contribution in [0, 0.1) is 11.3 Å². The molecule has 1 fully saturated rings. The van der Waals surface area contributed by atoms with E-state index in [1.54, 1.807) is 6.20 Å². The lowest BCUT2D eigenvalue weighted by Crippen LogP contribution is -2.42. The number of nitrogens with zero attached hydrogens (tertiary/aromatic N) is 6. The summed E-state index contributed by atoms with van der Waals surface area (Å²) in [5.41, 5.74) is 2.65. The van der Waals surface area contributed by atoms with Gasteiger partial charge in [-0.2, -0.15) is 5.26 Å². The van der Waals surface area contributed by atoms with Gasteiger partial charge in [0, 0.05) is 25.8 Å². The van der Waals surface area contributed by atoms with E-state index >= 15 is 0 Å². The Morgan fingerprint density at radius 1 is 1.00 bits per heavy atom. The number of likely N-dealkylation sites (tertiary alicyclic amines) is 1. The number of carbonyl (C=O) groups is 1. The molecule has 1 aromatic heterocycles. The molecule has 0 radical (unpaired) electrons. The van der Waals surface area contributed by atoms with Crippen LogP contribution in [-0.2, 0) is 17.9 Å². The average molecular weight is 441 g/mol. The van der Waals surface area contributed by atoms with Crippen molar-refractivity contribution in [2.75, 3.05) is 19.6 Å². The van der Waals surface area contributed by atoms with Crippen molar-refractivity contribution in [2.45, 2.75) is 32.4 Å². The number of hydrogen-bond acceptors (Lipinski definition) is 6. The van der Waals surface area contributed by atoms with Crippen molar-refractivity contribution in [3.8, 4) is 6.07 Å². The molecule has 0 spiro atoms. The maximum atomic E-state index is 13.6. The standard InChI is InChI=1S/C26H28N6O/c1-21-26(33)31(19-24-12-6-7-13-29-24)20-28-17-23(16-27)25(30-14-8-3-9-15-30)32(21)18-22-10-4-2-5-11-22/h2,4-7,10-13,20H,1,3,8-9,14-15,17-19H2/b25-23-,28-20?. The number of rotatable bonds is 5. The van der Waals surface area contributed by atoms with Gasteiger partial charge in [-0.3, -0.25) is 19.7 Å². The van der Waals surface area contributed by atoms with Crippen LogP contribution in [0.2, 0.25) is 0 Å². The zero-order valence-electron chi connectivity index (χ0n) is 18.7. The molecule has 0 unspecified atom stereocenters. The molecular formula is C26H28N6O. The van der Waals surface area contributed by atoms with Crippen LogP contribution >= 0.6 is 0 Å². The maximum Gasteiger partial charge on any atom is 0.275 e. The number of nitriles is 1. The third-order valence-electron chi connectivity index (χ3n) is 5.86. The molecule has 2 aromatic rings. The number of aliphatic imine (C=N–C) groups is 1. The second kappa shape index (κ2) is 10.6. The van der Waals surface area contributed by atoms with Gasteiger partial charge in [0.2, 0.25) is 0 Å². The summed E-state index contributed by atoms with van der Waals surface area (Å²) >= 11 is 0. The summed E-state index contributed by atoms with van der Waals surface area (Å²) in [6.07, 6.45) is 6.49. The molecular weight excluding hydrogens is 412 g/mol. The van der Waals surface area contributed by atoms with E-state index in [1.807, 2.05) is 53.4 Å². The first kappa shape index (κ1) is 22.3. The molecule has 0 atom stereocenters. The molecule has 7 heteroatoms. The lowest BCUT2D eigenvalue weighted by atomic mass is 10.1. The Labute approximate surface area is 195 Å². The molecule has 168 valence electrons. The highest BCUT2D eigenvalue weighted by Crippen LogP contribution is 2.28. The largest absolute Gasteiger partial charge is 0.357 e. The fourth-order valence-corrected chi connectivity index (χ4v) is 4.19. The average Bonchev–Trinajstić information content (AvgIpc) is 2.91. The number of piperidine rings is 1. The molecule has 33 heavy (non-hydrogen) atoms. The van der Waals surface area contributed by atoms with E-state index in [1.165, 1.54) is 17.7 Å². The van der Waals surface area contributed by atoms with Crippen molar-refractivity contribution in [1.29, 1.82) is 5.26 Å². The van der Waals surface area contributed by atoms with Gasteiger partial charge in [0.25, 0.3) is 5.91 Å². The highest BCUT2D eigenvalue weighted by molar-refractivity contribution is 5.99. The summed E-state index contributed by atoms with van der Waals surface area (Å²) in [5, 5.41) is 10.1. The highest BCUT2D eigenvalue weighted by Gasteiger charge is 2.30. The smallest absolute Gasteiger partial charge is 0.275 e. The van der Waals surface area contributed by atoms with E-state index in [9.17, 15) is 10.1 Å². The third-order valence-corrected chi connectivity index (χ3v) is 5.86. The van der Waals surface area contributed by atoms with Crippen molar-refractivity contribution in [1.82, 2.24) is 19.7 Å². The number of benzene rings is 1. The van der Waals surface area contributed by atoms with E-state index in [2.05, 4.69) is 27.5 Å². The normalized spacial score (nSPS) is 19.7. The van der Waals surface area contributed by atoms with Gasteiger partial charge in [-0.1, -0.05) is 43.0 Å². The van der Waals surface area contributed by atoms with Gasteiger partial charge in [0.15, 0.2) is 0 Å². The van der Waals surface area contributed by atoms with Crippen molar-refractivity contribution >= 4 is 12.2 Å². The van der Waals surface area contributed by atoms with Gasteiger partial charge in [0.05, 0.1) is 30.7 Å². The first-order valence-corrected chi connectivity index (χ1v) is 11.3. The van der Waals surface area contributed by atoms with Gasteiger partial charge in [-0.15, -0.1) is 0 Å². The van der Waals surface area contributed by atoms with Crippen LogP contribution < -0.4 is 0 Å². The molecule has 7 nitrogen and oxygen atoms in total. The quantitative estimate of drug-likeness (QED) is 0.663. The Bertz CT molecular complexity index is 1080. The molecule has 0 aliphatic carbocycles. The topological polar surface area (TPSA) is 75.8 Å². The van der Waals surface area contributed by atoms with Crippen molar-refractivity contribution < 1.29 is 4.79 Å². The van der Waals surface area contributed by atoms with E-state index < -0.39 is 0 Å². The monoisotopic (exact) mass is 440 g/mol. The van der Waals surface area contributed by atoms with Gasteiger partial charge >= 0.3 is 0 Å². The van der Waals surface area contributed by atoms with Crippen molar-refractivity contribution in [3.05, 3.63) is 89.7 Å². The number of carbonyl (C=O) groups excluding carboxylic acids is 1. The molecule has 0 bridgehead atoms. The summed E-state index contributed by atoms with van der Waals surface area (Å²) in [6.45, 7) is 6.81. The van der Waals surface area contributed by atoms with Crippen LogP contribution in [0.1, 0.15) is 30.5 Å². The molecule has 2 aliphatic rings. The predicted octanol–water partition coefficient (Wildman–Crippen LogP) is 3.69. The Hall–Kier alpha value is -3.92. The Morgan fingerprint density at radius 3 is 2.45 bits per heavy atom. The van der Waals surface area contributed by atoms with Crippen LogP contribution in [-0.4, -0.2) is 51.6 Å². The lowest BCUT2D eigenvalue weighted by molar-refractivity contribution is -0.125. The number of hydrogen-bond donors (Lipinski definition) is 0. The minimum absolute atomic E-state index is 0.201. The zero-order valence-corrected chi connectivity index (χ0v) is 18.7. The van der Waals surface area contributed by atoms with Gasteiger partial charge in [-0.05, 0) is 37.0 Å². The van der Waals surface area contributed by atoms with E-state index in [0.29, 0.717) is 17.8 Å². The predicted molar refractivity (Wildman–Crippen MR) is 127 cm³/mol. The molecule has 1 aromatic carbocycles. The summed E-state index contributed by atoms with van der Waals surface area (Å²) in [4.78, 5) is 28.1. The summed E-state index contributed by atoms with van der Waals surface area (Å²) in [6, 6.07) is 17.9. The van der Waals surface area contributed by atoms with Crippen LogP contribution in [0.4, 0.5) is 0 Å². The lowest BCUT2D eigenvalue weighted by Gasteiger charge is -2.39. The van der Waals surface area contributed by atoms with Crippen LogP contribution in [0.3, 0.4) is 0 Å². The first-order valence-electron chi connectivity index (χ1n) is 11.3. The maximum absolute atomic E-state index is 13.6. The van der Waals surface area contributed by atoms with Crippen LogP contribution in [0.25, 0.3) is 0 Å². The molecule has 2 aliphatic heterocycles. The molecule has 1 amide bonds. The first-order chi connectivity index (χ1) is 16.2. The van der Waals surface area contributed by atoms with E-state index in [4.69, 9.17) is 0 Å². The third kappa shape index (κ3) is 5.29. The Balaban J connectivity index is 1.74. The van der Waals surface area contributed by atoms with Crippen LogP contribution in [0.5, 0.6) is 0 Å². The second-order valence-corrected chi connectivity index (χ2v) is 8.19. The molecule has 0 saturated carbocycles. The van der Waals surface area contributed by atoms with Gasteiger partial charge < -0.3 is 9.80 Å². The fourth-order valence-electron chi connectivity index (χ4n) is 4.19. The SMILES string of the molecule is C=C1C(=O)N(Cc2ccccn2)C=NC/C(C#N)=C(/N2CCCCC2)N1Cc1ccccc1. The minimum atomic E-state index is -0.256. The van der Waals surface area contributed by atoms with E-state index in [-0.39, 0.29) is 19.0 Å². The molecule has 0 N–H and O–H groups in total. The second-order valence-electron chi connectivity index (χ2n) is 8.19. The highest BCUT2D eigenvalue weighted by atomic mass is 16.2. The zero-order chi connectivity index (χ0) is 23.0.